The summed E-state index contributed by atoms with van der Waals surface area (Å²) in [7, 11) is 1.29. The first-order valence-electron chi connectivity index (χ1n) is 7.79. The number of anilines is 2. The number of nitrogens with one attached hydrogen (secondary N) is 1. The Morgan fingerprint density at radius 3 is 2.60 bits per heavy atom. The lowest BCUT2D eigenvalue weighted by Crippen LogP contribution is -2.06. The van der Waals surface area contributed by atoms with E-state index in [0.29, 0.717) is 23.2 Å². The zero-order valence-electron chi connectivity index (χ0n) is 13.9. The van der Waals surface area contributed by atoms with E-state index >= 15 is 0 Å². The molecule has 1 heterocycles. The summed E-state index contributed by atoms with van der Waals surface area (Å²) >= 11 is 0. The van der Waals surface area contributed by atoms with E-state index in [1.807, 2.05) is 31.2 Å². The Labute approximate surface area is 144 Å². The Balaban J connectivity index is 2.03. The monoisotopic (exact) mass is 340 g/mol. The van der Waals surface area contributed by atoms with Gasteiger partial charge in [-0.05, 0) is 55.5 Å². The Morgan fingerprint density at radius 2 is 1.92 bits per heavy atom. The summed E-state index contributed by atoms with van der Waals surface area (Å²) < 4.78 is 23.8. The van der Waals surface area contributed by atoms with E-state index in [1.54, 1.807) is 6.07 Å². The predicted molar refractivity (Wildman–Crippen MR) is 93.9 cm³/mol. The molecule has 0 amide bonds. The van der Waals surface area contributed by atoms with Gasteiger partial charge in [0.1, 0.15) is 11.6 Å². The van der Waals surface area contributed by atoms with Crippen molar-refractivity contribution in [3.63, 3.8) is 0 Å². The van der Waals surface area contributed by atoms with Crippen LogP contribution in [0.25, 0.3) is 10.9 Å². The number of hydrogen-bond acceptors (Lipinski definition) is 5. The summed E-state index contributed by atoms with van der Waals surface area (Å²) in [6.45, 7) is 2.50. The summed E-state index contributed by atoms with van der Waals surface area (Å²) in [5.74, 6) is -0.176. The van der Waals surface area contributed by atoms with Crippen LogP contribution in [0.1, 0.15) is 17.4 Å². The van der Waals surface area contributed by atoms with E-state index in [4.69, 9.17) is 9.47 Å². The fourth-order valence-corrected chi connectivity index (χ4v) is 2.47. The number of halogens is 1. The van der Waals surface area contributed by atoms with Gasteiger partial charge in [0.05, 0.1) is 24.9 Å². The number of fused-ring (bicyclic) bond motifs is 1. The molecule has 5 nitrogen and oxygen atoms in total. The zero-order valence-corrected chi connectivity index (χ0v) is 13.9. The summed E-state index contributed by atoms with van der Waals surface area (Å²) in [6, 6.07) is 13.1. The third-order valence-corrected chi connectivity index (χ3v) is 3.61. The number of carbonyl (C=O) groups is 1. The third kappa shape index (κ3) is 3.68. The molecule has 0 aliphatic carbocycles. The van der Waals surface area contributed by atoms with E-state index in [-0.39, 0.29) is 11.5 Å². The number of hydrogen-bond donors (Lipinski definition) is 1. The number of carbonyl (C=O) groups excluding carboxylic acids is 1. The van der Waals surface area contributed by atoms with Crippen molar-refractivity contribution < 1.29 is 18.7 Å². The number of pyridine rings is 1. The summed E-state index contributed by atoms with van der Waals surface area (Å²) in [4.78, 5) is 16.1. The maximum atomic E-state index is 13.7. The first kappa shape index (κ1) is 16.7. The number of benzene rings is 2. The number of nitrogens with zero attached hydrogens (tertiary/aromatic N) is 1. The van der Waals surface area contributed by atoms with Crippen molar-refractivity contribution in [3.8, 4) is 5.75 Å². The molecule has 25 heavy (non-hydrogen) atoms. The van der Waals surface area contributed by atoms with Crippen LogP contribution in [0.15, 0.2) is 48.5 Å². The summed E-state index contributed by atoms with van der Waals surface area (Å²) in [5, 5.41) is 3.76. The van der Waals surface area contributed by atoms with Gasteiger partial charge in [0, 0.05) is 11.1 Å². The quantitative estimate of drug-likeness (QED) is 0.702. The molecule has 0 atom stereocenters. The average molecular weight is 340 g/mol. The molecule has 3 rings (SSSR count). The largest absolute Gasteiger partial charge is 0.494 e. The van der Waals surface area contributed by atoms with Gasteiger partial charge in [-0.25, -0.2) is 14.2 Å². The second-order valence-corrected chi connectivity index (χ2v) is 5.29. The van der Waals surface area contributed by atoms with Gasteiger partial charge in [-0.15, -0.1) is 0 Å². The molecule has 0 aliphatic heterocycles. The number of ether oxygens (including phenoxy) is 2. The van der Waals surface area contributed by atoms with Crippen LogP contribution in [-0.2, 0) is 4.74 Å². The van der Waals surface area contributed by atoms with Crippen molar-refractivity contribution in [2.75, 3.05) is 19.0 Å². The minimum atomic E-state index is -0.555. The number of methoxy groups -OCH3 is 1. The molecule has 3 aromatic rings. The fourth-order valence-electron chi connectivity index (χ4n) is 2.47. The van der Waals surface area contributed by atoms with Crippen LogP contribution in [0.4, 0.5) is 15.8 Å². The topological polar surface area (TPSA) is 60.5 Å². The highest BCUT2D eigenvalue weighted by Gasteiger charge is 2.13. The highest BCUT2D eigenvalue weighted by Crippen LogP contribution is 2.28. The molecule has 1 aromatic heterocycles. The number of rotatable bonds is 5. The predicted octanol–water partition coefficient (Wildman–Crippen LogP) is 4.30. The van der Waals surface area contributed by atoms with Gasteiger partial charge in [0.2, 0.25) is 0 Å². The Hall–Kier alpha value is -3.15. The first-order valence-corrected chi connectivity index (χ1v) is 7.79. The Bertz CT molecular complexity index is 910. The van der Waals surface area contributed by atoms with E-state index in [0.717, 1.165) is 11.4 Å². The molecule has 0 saturated heterocycles. The molecular formula is C19H17FN2O3. The second-order valence-electron chi connectivity index (χ2n) is 5.29. The minimum absolute atomic E-state index is 0.148. The molecule has 2 aromatic carbocycles. The SMILES string of the molecule is CCOc1ccc(Nc2cc(C(=O)OC)nc3ccc(F)cc23)cc1. The van der Waals surface area contributed by atoms with Crippen molar-refractivity contribution in [2.24, 2.45) is 0 Å². The lowest BCUT2D eigenvalue weighted by atomic mass is 10.1. The van der Waals surface area contributed by atoms with Crippen LogP contribution in [0, 0.1) is 5.82 Å². The lowest BCUT2D eigenvalue weighted by molar-refractivity contribution is 0.0594. The van der Waals surface area contributed by atoms with Crippen LogP contribution >= 0.6 is 0 Å². The van der Waals surface area contributed by atoms with Gasteiger partial charge < -0.3 is 14.8 Å². The van der Waals surface area contributed by atoms with Gasteiger partial charge in [0.15, 0.2) is 5.69 Å². The smallest absolute Gasteiger partial charge is 0.356 e. The second kappa shape index (κ2) is 7.17. The Kier molecular flexibility index (Phi) is 4.79. The van der Waals surface area contributed by atoms with Crippen LogP contribution in [0.3, 0.4) is 0 Å². The number of esters is 1. The molecule has 0 spiro atoms. The van der Waals surface area contributed by atoms with E-state index < -0.39 is 5.97 Å². The van der Waals surface area contributed by atoms with Crippen LogP contribution in [0.2, 0.25) is 0 Å². The standard InChI is InChI=1S/C19H17FN2O3/c1-3-25-14-7-5-13(6-8-14)21-17-11-18(19(23)24-2)22-16-9-4-12(20)10-15(16)17/h4-11H,3H2,1-2H3,(H,21,22). The Morgan fingerprint density at radius 1 is 1.16 bits per heavy atom. The van der Waals surface area contributed by atoms with Crippen LogP contribution < -0.4 is 10.1 Å². The molecule has 0 bridgehead atoms. The lowest BCUT2D eigenvalue weighted by Gasteiger charge is -2.12. The van der Waals surface area contributed by atoms with Crippen molar-refractivity contribution in [2.45, 2.75) is 6.92 Å². The third-order valence-electron chi connectivity index (χ3n) is 3.61. The molecule has 0 unspecified atom stereocenters. The highest BCUT2D eigenvalue weighted by atomic mass is 19.1. The molecule has 6 heteroatoms. The number of aromatic nitrogens is 1. The van der Waals surface area contributed by atoms with E-state index in [1.165, 1.54) is 25.3 Å². The zero-order chi connectivity index (χ0) is 17.8. The molecule has 128 valence electrons. The fraction of sp³-hybridized carbons (Fsp3) is 0.158. The van der Waals surface area contributed by atoms with Crippen molar-refractivity contribution in [1.82, 2.24) is 4.98 Å². The molecular weight excluding hydrogens is 323 g/mol. The minimum Gasteiger partial charge on any atom is -0.494 e. The van der Waals surface area contributed by atoms with Crippen molar-refractivity contribution in [3.05, 3.63) is 60.0 Å². The maximum Gasteiger partial charge on any atom is 0.356 e. The molecule has 1 N–H and O–H groups in total. The molecule has 0 radical (unpaired) electrons. The van der Waals surface area contributed by atoms with E-state index in [9.17, 15) is 9.18 Å². The van der Waals surface area contributed by atoms with Crippen molar-refractivity contribution in [1.29, 1.82) is 0 Å². The summed E-state index contributed by atoms with van der Waals surface area (Å²) in [5.41, 5.74) is 1.98. The van der Waals surface area contributed by atoms with Crippen molar-refractivity contribution >= 4 is 28.2 Å². The van der Waals surface area contributed by atoms with E-state index in [2.05, 4.69) is 10.3 Å². The van der Waals surface area contributed by atoms with Gasteiger partial charge in [-0.2, -0.15) is 0 Å². The molecule has 0 fully saturated rings. The molecule has 0 aliphatic rings. The van der Waals surface area contributed by atoms with Gasteiger partial charge >= 0.3 is 5.97 Å². The van der Waals surface area contributed by atoms with Gasteiger partial charge in [0.25, 0.3) is 0 Å². The normalized spacial score (nSPS) is 10.5. The summed E-state index contributed by atoms with van der Waals surface area (Å²) in [6.07, 6.45) is 0. The maximum absolute atomic E-state index is 13.7. The van der Waals surface area contributed by atoms with Gasteiger partial charge in [-0.1, -0.05) is 0 Å². The van der Waals surface area contributed by atoms with Crippen LogP contribution in [-0.4, -0.2) is 24.7 Å². The first-order chi connectivity index (χ1) is 12.1. The highest BCUT2D eigenvalue weighted by molar-refractivity contribution is 5.98. The average Bonchev–Trinajstić information content (AvgIpc) is 2.63. The van der Waals surface area contributed by atoms with Gasteiger partial charge in [-0.3, -0.25) is 0 Å². The molecule has 0 saturated carbocycles. The van der Waals surface area contributed by atoms with Crippen LogP contribution in [0.5, 0.6) is 5.75 Å².